The number of rotatable bonds is 4. The normalized spacial score (nSPS) is 13.1. The fraction of sp³-hybridized carbons (Fsp3) is 0.364. The van der Waals surface area contributed by atoms with Crippen molar-refractivity contribution in [3.63, 3.8) is 0 Å². The Morgan fingerprint density at radius 2 is 2.05 bits per heavy atom. The van der Waals surface area contributed by atoms with E-state index in [1.165, 1.54) is 0 Å². The zero-order valence-corrected chi connectivity index (χ0v) is 12.5. The van der Waals surface area contributed by atoms with Gasteiger partial charge in [-0.3, -0.25) is 4.79 Å². The quantitative estimate of drug-likeness (QED) is 0.865. The summed E-state index contributed by atoms with van der Waals surface area (Å²) < 4.78 is 35.9. The topological polar surface area (TPSA) is 63.2 Å². The number of hydrogen-bond donors (Lipinski definition) is 1. The van der Waals surface area contributed by atoms with Crippen LogP contribution < -0.4 is 5.32 Å². The van der Waals surface area contributed by atoms with Crippen LogP contribution in [-0.4, -0.2) is 20.4 Å². The Kier molecular flexibility index (Phi) is 5.18. The maximum atomic E-state index is 13.5. The highest BCUT2D eigenvalue weighted by molar-refractivity contribution is 8.13. The molecule has 1 atom stereocenters. The van der Waals surface area contributed by atoms with Gasteiger partial charge in [0.2, 0.25) is 0 Å². The van der Waals surface area contributed by atoms with Crippen molar-refractivity contribution < 1.29 is 17.6 Å². The van der Waals surface area contributed by atoms with E-state index in [4.69, 9.17) is 22.3 Å². The lowest BCUT2D eigenvalue weighted by Gasteiger charge is -2.13. The summed E-state index contributed by atoms with van der Waals surface area (Å²) in [6, 6.07) is 1.47. The third-order valence-electron chi connectivity index (χ3n) is 2.52. The van der Waals surface area contributed by atoms with E-state index in [9.17, 15) is 17.6 Å². The first-order valence-corrected chi connectivity index (χ1v) is 8.10. The maximum Gasteiger partial charge on any atom is 0.261 e. The average Bonchev–Trinajstić information content (AvgIpc) is 2.30. The van der Waals surface area contributed by atoms with Crippen LogP contribution in [0.1, 0.15) is 30.6 Å². The Hall–Kier alpha value is -0.850. The van der Waals surface area contributed by atoms with Gasteiger partial charge in [-0.15, -0.1) is 0 Å². The van der Waals surface area contributed by atoms with Crippen LogP contribution in [0.5, 0.6) is 0 Å². The molecule has 0 saturated carbocycles. The van der Waals surface area contributed by atoms with Gasteiger partial charge >= 0.3 is 0 Å². The maximum absolute atomic E-state index is 13.5. The van der Waals surface area contributed by atoms with Crippen molar-refractivity contribution >= 4 is 37.2 Å². The van der Waals surface area contributed by atoms with Gasteiger partial charge in [-0.1, -0.05) is 18.5 Å². The van der Waals surface area contributed by atoms with Crippen LogP contribution in [0.15, 0.2) is 17.0 Å². The summed E-state index contributed by atoms with van der Waals surface area (Å²) in [5.74, 6) is -1.67. The zero-order valence-electron chi connectivity index (χ0n) is 10.2. The number of nitrogens with one attached hydrogen (secondary N) is 1. The lowest BCUT2D eigenvalue weighted by atomic mass is 10.1. The molecular weight excluding hydrogens is 316 g/mol. The SMILES string of the molecule is CCC(C)NC(=O)c1cc(S(=O)(=O)Cl)cc(F)c1Cl. The molecular formula is C11H12Cl2FNO3S. The highest BCUT2D eigenvalue weighted by Gasteiger charge is 2.21. The van der Waals surface area contributed by atoms with Gasteiger partial charge in [0.15, 0.2) is 0 Å². The van der Waals surface area contributed by atoms with Crippen molar-refractivity contribution in [1.29, 1.82) is 0 Å². The molecule has 106 valence electrons. The van der Waals surface area contributed by atoms with Gasteiger partial charge in [0, 0.05) is 16.7 Å². The smallest absolute Gasteiger partial charge is 0.261 e. The molecule has 1 amide bonds. The van der Waals surface area contributed by atoms with E-state index in [2.05, 4.69) is 5.32 Å². The average molecular weight is 328 g/mol. The van der Waals surface area contributed by atoms with Gasteiger partial charge in [-0.05, 0) is 25.5 Å². The van der Waals surface area contributed by atoms with Crippen molar-refractivity contribution in [2.75, 3.05) is 0 Å². The number of carbonyl (C=O) groups is 1. The molecule has 19 heavy (non-hydrogen) atoms. The molecule has 1 aromatic rings. The Morgan fingerprint density at radius 3 is 2.53 bits per heavy atom. The van der Waals surface area contributed by atoms with Gasteiger partial charge in [0.25, 0.3) is 15.0 Å². The van der Waals surface area contributed by atoms with Gasteiger partial charge < -0.3 is 5.32 Å². The molecule has 0 spiro atoms. The number of benzene rings is 1. The van der Waals surface area contributed by atoms with E-state index in [0.29, 0.717) is 12.5 Å². The summed E-state index contributed by atoms with van der Waals surface area (Å²) in [6.45, 7) is 3.61. The summed E-state index contributed by atoms with van der Waals surface area (Å²) in [6.07, 6.45) is 0.666. The number of hydrogen-bond acceptors (Lipinski definition) is 3. The summed E-state index contributed by atoms with van der Waals surface area (Å²) in [7, 11) is 0.985. The van der Waals surface area contributed by atoms with Crippen LogP contribution in [0, 0.1) is 5.82 Å². The second-order valence-corrected chi connectivity index (χ2v) is 6.93. The monoisotopic (exact) mass is 327 g/mol. The van der Waals surface area contributed by atoms with Gasteiger partial charge in [0.05, 0.1) is 15.5 Å². The molecule has 1 N–H and O–H groups in total. The number of amides is 1. The number of carbonyl (C=O) groups excluding carboxylic acids is 1. The van der Waals surface area contributed by atoms with Crippen molar-refractivity contribution in [3.05, 3.63) is 28.5 Å². The zero-order chi connectivity index (χ0) is 14.8. The second-order valence-electron chi connectivity index (χ2n) is 3.99. The van der Waals surface area contributed by atoms with E-state index >= 15 is 0 Å². The predicted octanol–water partition coefficient (Wildman–Crippen LogP) is 2.93. The standard InChI is InChI=1S/C11H12Cl2FNO3S/c1-3-6(2)15-11(16)8-4-7(19(13,17)18)5-9(14)10(8)12/h4-6H,3H2,1-2H3,(H,15,16). The lowest BCUT2D eigenvalue weighted by Crippen LogP contribution is -2.32. The van der Waals surface area contributed by atoms with Gasteiger partial charge in [-0.25, -0.2) is 12.8 Å². The van der Waals surface area contributed by atoms with E-state index in [1.807, 2.05) is 6.92 Å². The minimum atomic E-state index is -4.14. The van der Waals surface area contributed by atoms with Crippen LogP contribution >= 0.6 is 22.3 Å². The van der Waals surface area contributed by atoms with Gasteiger partial charge in [0.1, 0.15) is 5.82 Å². The first-order chi connectivity index (χ1) is 8.66. The van der Waals surface area contributed by atoms with E-state index in [0.717, 1.165) is 6.07 Å². The molecule has 1 aromatic carbocycles. The molecule has 4 nitrogen and oxygen atoms in total. The molecule has 0 heterocycles. The largest absolute Gasteiger partial charge is 0.350 e. The van der Waals surface area contributed by atoms with E-state index in [-0.39, 0.29) is 11.6 Å². The summed E-state index contributed by atoms with van der Waals surface area (Å²) in [4.78, 5) is 11.4. The molecule has 0 aliphatic heterocycles. The van der Waals surface area contributed by atoms with E-state index < -0.39 is 30.7 Å². The second kappa shape index (κ2) is 6.07. The number of halogens is 3. The highest BCUT2D eigenvalue weighted by Crippen LogP contribution is 2.26. The highest BCUT2D eigenvalue weighted by atomic mass is 35.7. The first-order valence-electron chi connectivity index (χ1n) is 5.41. The van der Waals surface area contributed by atoms with Crippen molar-refractivity contribution in [3.8, 4) is 0 Å². The minimum Gasteiger partial charge on any atom is -0.350 e. The third kappa shape index (κ3) is 4.06. The fourth-order valence-corrected chi connectivity index (χ4v) is 2.24. The Morgan fingerprint density at radius 1 is 1.47 bits per heavy atom. The lowest BCUT2D eigenvalue weighted by molar-refractivity contribution is 0.0938. The fourth-order valence-electron chi connectivity index (χ4n) is 1.27. The molecule has 1 rings (SSSR count). The third-order valence-corrected chi connectivity index (χ3v) is 4.24. The molecule has 8 heteroatoms. The summed E-state index contributed by atoms with van der Waals surface area (Å²) in [5, 5.41) is 2.12. The van der Waals surface area contributed by atoms with E-state index in [1.54, 1.807) is 6.92 Å². The van der Waals surface area contributed by atoms with Gasteiger partial charge in [-0.2, -0.15) is 0 Å². The summed E-state index contributed by atoms with van der Waals surface area (Å²) in [5.41, 5.74) is -0.263. The predicted molar refractivity (Wildman–Crippen MR) is 71.7 cm³/mol. The van der Waals surface area contributed by atoms with Crippen molar-refractivity contribution in [2.45, 2.75) is 31.2 Å². The Bertz CT molecular complexity index is 604. The van der Waals surface area contributed by atoms with Crippen LogP contribution in [0.2, 0.25) is 5.02 Å². The molecule has 1 unspecified atom stereocenters. The molecule has 0 saturated heterocycles. The minimum absolute atomic E-state index is 0.150. The molecule has 0 aliphatic carbocycles. The van der Waals surface area contributed by atoms with Crippen LogP contribution in [0.3, 0.4) is 0 Å². The summed E-state index contributed by atoms with van der Waals surface area (Å²) >= 11 is 5.66. The van der Waals surface area contributed by atoms with Crippen LogP contribution in [0.4, 0.5) is 4.39 Å². The van der Waals surface area contributed by atoms with Crippen molar-refractivity contribution in [2.24, 2.45) is 0 Å². The first kappa shape index (κ1) is 16.2. The Balaban J connectivity index is 3.27. The molecule has 0 aromatic heterocycles. The van der Waals surface area contributed by atoms with Crippen molar-refractivity contribution in [1.82, 2.24) is 5.32 Å². The Labute approximate surface area is 120 Å². The van der Waals surface area contributed by atoms with Crippen LogP contribution in [0.25, 0.3) is 0 Å². The van der Waals surface area contributed by atoms with Crippen LogP contribution in [-0.2, 0) is 9.05 Å². The molecule has 0 radical (unpaired) electrons. The molecule has 0 bridgehead atoms. The molecule has 0 fully saturated rings. The molecule has 0 aliphatic rings.